The van der Waals surface area contributed by atoms with E-state index < -0.39 is 19.8 Å². The van der Waals surface area contributed by atoms with Crippen molar-refractivity contribution in [2.75, 3.05) is 0 Å². The Morgan fingerprint density at radius 1 is 0.771 bits per heavy atom. The first kappa shape index (κ1) is 25.7. The zero-order valence-corrected chi connectivity index (χ0v) is 19.9. The maximum absolute atomic E-state index is 12.8. The molecule has 3 aromatic rings. The second-order valence-electron chi connectivity index (χ2n) is 7.38. The summed E-state index contributed by atoms with van der Waals surface area (Å²) in [5, 5.41) is 0. The summed E-state index contributed by atoms with van der Waals surface area (Å²) in [5.74, 6) is -1.09. The van der Waals surface area contributed by atoms with E-state index in [0.29, 0.717) is 5.56 Å². The number of rotatable bonds is 10. The summed E-state index contributed by atoms with van der Waals surface area (Å²) >= 11 is 0. The molecule has 0 aliphatic carbocycles. The molecule has 0 aromatic heterocycles. The minimum Gasteiger partial charge on any atom is -0.427 e. The molecule has 0 saturated carbocycles. The zero-order chi connectivity index (χ0) is 25.4. The molecule has 0 heterocycles. The average Bonchev–Trinajstić information content (AvgIpc) is 2.77. The highest BCUT2D eigenvalue weighted by Crippen LogP contribution is 2.44. The number of phosphoric acid groups is 1. The van der Waals surface area contributed by atoms with Crippen LogP contribution in [0.5, 0.6) is 23.0 Å². The van der Waals surface area contributed by atoms with E-state index in [0.717, 1.165) is 0 Å². The number of esters is 2. The molecular formula is C25H23O9P. The molecule has 0 amide bonds. The van der Waals surface area contributed by atoms with Gasteiger partial charge in [-0.2, -0.15) is 0 Å². The summed E-state index contributed by atoms with van der Waals surface area (Å²) in [5.41, 5.74) is 0.820. The maximum atomic E-state index is 12.8. The van der Waals surface area contributed by atoms with Gasteiger partial charge in [-0.1, -0.05) is 30.3 Å². The average molecular weight is 498 g/mol. The molecule has 1 N–H and O–H groups in total. The molecule has 0 fully saturated rings. The van der Waals surface area contributed by atoms with Crippen molar-refractivity contribution in [3.8, 4) is 23.0 Å². The Balaban J connectivity index is 1.68. The van der Waals surface area contributed by atoms with Crippen LogP contribution >= 0.6 is 7.82 Å². The monoisotopic (exact) mass is 498 g/mol. The molecule has 0 saturated heterocycles. The summed E-state index contributed by atoms with van der Waals surface area (Å²) in [4.78, 5) is 45.5. The highest BCUT2D eigenvalue weighted by Gasteiger charge is 2.25. The quantitative estimate of drug-likeness (QED) is 0.180. The number of ether oxygens (including phenoxy) is 2. The molecule has 1 unspecified atom stereocenters. The Hall–Kier alpha value is -3.94. The van der Waals surface area contributed by atoms with E-state index >= 15 is 0 Å². The fraction of sp³-hybridized carbons (Fsp3) is 0.160. The first-order chi connectivity index (χ1) is 16.6. The molecule has 35 heavy (non-hydrogen) atoms. The van der Waals surface area contributed by atoms with Crippen LogP contribution in [0.3, 0.4) is 0 Å². The number of para-hydroxylation sites is 1. The van der Waals surface area contributed by atoms with Crippen LogP contribution in [0.2, 0.25) is 0 Å². The summed E-state index contributed by atoms with van der Waals surface area (Å²) in [7, 11) is -4.43. The molecule has 10 heteroatoms. The van der Waals surface area contributed by atoms with Crippen molar-refractivity contribution in [2.45, 2.75) is 26.7 Å². The van der Waals surface area contributed by atoms with Crippen molar-refractivity contribution in [2.24, 2.45) is 0 Å². The highest BCUT2D eigenvalue weighted by atomic mass is 31.2. The van der Waals surface area contributed by atoms with Gasteiger partial charge in [0.2, 0.25) is 0 Å². The highest BCUT2D eigenvalue weighted by molar-refractivity contribution is 7.48. The van der Waals surface area contributed by atoms with Crippen molar-refractivity contribution in [1.29, 1.82) is 0 Å². The lowest BCUT2D eigenvalue weighted by atomic mass is 10.0. The van der Waals surface area contributed by atoms with Crippen LogP contribution in [0, 0.1) is 0 Å². The second kappa shape index (κ2) is 11.5. The molecule has 9 nitrogen and oxygen atoms in total. The smallest absolute Gasteiger partial charge is 0.427 e. The van der Waals surface area contributed by atoms with Crippen molar-refractivity contribution in [3.63, 3.8) is 0 Å². The van der Waals surface area contributed by atoms with Gasteiger partial charge >= 0.3 is 19.8 Å². The van der Waals surface area contributed by atoms with Crippen LogP contribution in [0.4, 0.5) is 0 Å². The van der Waals surface area contributed by atoms with Crippen molar-refractivity contribution < 1.29 is 42.4 Å². The van der Waals surface area contributed by atoms with Crippen LogP contribution in [0.25, 0.3) is 0 Å². The summed E-state index contributed by atoms with van der Waals surface area (Å²) < 4.78 is 32.6. The predicted molar refractivity (Wildman–Crippen MR) is 126 cm³/mol. The molecule has 0 aliphatic rings. The molecule has 182 valence electrons. The number of aryl methyl sites for hydroxylation is 1. The summed E-state index contributed by atoms with van der Waals surface area (Å²) in [6.07, 6.45) is 0.318. The molecule has 0 radical (unpaired) electrons. The fourth-order valence-electron chi connectivity index (χ4n) is 3.12. The van der Waals surface area contributed by atoms with Gasteiger partial charge in [-0.3, -0.25) is 19.3 Å². The molecule has 1 atom stereocenters. The lowest BCUT2D eigenvalue weighted by Gasteiger charge is -2.14. The molecule has 3 rings (SSSR count). The molecule has 0 bridgehead atoms. The van der Waals surface area contributed by atoms with Gasteiger partial charge in [0.05, 0.1) is 5.56 Å². The Morgan fingerprint density at radius 2 is 1.43 bits per heavy atom. The number of benzene rings is 3. The second-order valence-corrected chi connectivity index (χ2v) is 8.68. The van der Waals surface area contributed by atoms with Crippen LogP contribution < -0.4 is 18.5 Å². The standard InChI is InChI=1S/C25H23O9P/c1-17(26)31-21-12-13-23(25(16-21)32-18(2)27)24(28)14-11-19-7-6-10-22(15-19)34-35(29,30)33-20-8-4-3-5-9-20/h3-10,12-13,15-16H,11,14H2,1-2H3,(H,29,30). The van der Waals surface area contributed by atoms with Gasteiger partial charge in [-0.05, 0) is 48.4 Å². The number of carbonyl (C=O) groups excluding carboxylic acids is 3. The number of Topliss-reactive ketones (excluding diaryl/α,β-unsaturated/α-hetero) is 1. The van der Waals surface area contributed by atoms with Gasteiger partial charge in [0.1, 0.15) is 23.0 Å². The lowest BCUT2D eigenvalue weighted by Crippen LogP contribution is -2.10. The topological polar surface area (TPSA) is 125 Å². The maximum Gasteiger partial charge on any atom is 0.584 e. The normalized spacial score (nSPS) is 12.2. The van der Waals surface area contributed by atoms with Crippen LogP contribution in [0.1, 0.15) is 36.2 Å². The third kappa shape index (κ3) is 8.10. The predicted octanol–water partition coefficient (Wildman–Crippen LogP) is 4.91. The van der Waals surface area contributed by atoms with Crippen molar-refractivity contribution in [1.82, 2.24) is 0 Å². The Bertz CT molecular complexity index is 1270. The Kier molecular flexibility index (Phi) is 8.41. The van der Waals surface area contributed by atoms with E-state index in [4.69, 9.17) is 18.5 Å². The molecular weight excluding hydrogens is 475 g/mol. The first-order valence-electron chi connectivity index (χ1n) is 10.5. The number of hydrogen-bond donors (Lipinski definition) is 1. The largest absolute Gasteiger partial charge is 0.584 e. The van der Waals surface area contributed by atoms with E-state index in [1.54, 1.807) is 30.3 Å². The molecule has 0 aliphatic heterocycles. The fourth-order valence-corrected chi connectivity index (χ4v) is 3.92. The van der Waals surface area contributed by atoms with E-state index in [-0.39, 0.29) is 47.2 Å². The number of ketones is 1. The third-order valence-electron chi connectivity index (χ3n) is 4.49. The van der Waals surface area contributed by atoms with Gasteiger partial charge < -0.3 is 18.5 Å². The lowest BCUT2D eigenvalue weighted by molar-refractivity contribution is -0.132. The summed E-state index contributed by atoms with van der Waals surface area (Å²) in [6, 6.07) is 18.6. The van der Waals surface area contributed by atoms with Crippen LogP contribution in [-0.2, 0) is 20.6 Å². The van der Waals surface area contributed by atoms with E-state index in [1.807, 2.05) is 0 Å². The SMILES string of the molecule is CC(=O)Oc1ccc(C(=O)CCc2cccc(OP(=O)(O)Oc3ccccc3)c2)c(OC(C)=O)c1. The minimum atomic E-state index is -4.43. The molecule has 3 aromatic carbocycles. The van der Waals surface area contributed by atoms with E-state index in [2.05, 4.69) is 0 Å². The van der Waals surface area contributed by atoms with Crippen molar-refractivity contribution in [3.05, 3.63) is 83.9 Å². The number of phosphoric ester groups is 1. The van der Waals surface area contributed by atoms with Crippen LogP contribution in [0.15, 0.2) is 72.8 Å². The number of hydrogen-bond acceptors (Lipinski definition) is 8. The van der Waals surface area contributed by atoms with Gasteiger partial charge in [0.25, 0.3) is 0 Å². The van der Waals surface area contributed by atoms with E-state index in [1.165, 1.54) is 56.3 Å². The first-order valence-corrected chi connectivity index (χ1v) is 12.0. The third-order valence-corrected chi connectivity index (χ3v) is 5.38. The van der Waals surface area contributed by atoms with E-state index in [9.17, 15) is 23.8 Å². The zero-order valence-electron chi connectivity index (χ0n) is 19.0. The van der Waals surface area contributed by atoms with Gasteiger partial charge in [-0.15, -0.1) is 0 Å². The Morgan fingerprint density at radius 3 is 2.11 bits per heavy atom. The van der Waals surface area contributed by atoms with Gasteiger partial charge in [0.15, 0.2) is 5.78 Å². The summed E-state index contributed by atoms with van der Waals surface area (Å²) in [6.45, 7) is 2.42. The van der Waals surface area contributed by atoms with Gasteiger partial charge in [-0.25, -0.2) is 4.57 Å². The molecule has 0 spiro atoms. The minimum absolute atomic E-state index is 0.0161. The number of carbonyl (C=O) groups is 3. The Labute approximate surface area is 201 Å². The van der Waals surface area contributed by atoms with Gasteiger partial charge in [0, 0.05) is 26.3 Å². The van der Waals surface area contributed by atoms with Crippen LogP contribution in [-0.4, -0.2) is 22.6 Å². The van der Waals surface area contributed by atoms with Crippen molar-refractivity contribution >= 4 is 25.5 Å².